The van der Waals surface area contributed by atoms with Gasteiger partial charge in [-0.1, -0.05) is 31.0 Å². The molecule has 154 valence electrons. The molecule has 1 aliphatic carbocycles. The van der Waals surface area contributed by atoms with Crippen LogP contribution in [0.4, 0.5) is 0 Å². The van der Waals surface area contributed by atoms with Gasteiger partial charge in [0.05, 0.1) is 10.6 Å². The van der Waals surface area contributed by atoms with E-state index in [0.717, 1.165) is 40.0 Å². The van der Waals surface area contributed by atoms with Crippen molar-refractivity contribution in [2.24, 2.45) is 0 Å². The SMILES string of the molecule is CCN(C(=O)[C@H](C)Sc1nc2sc(C)c(C)c2c(=O)n1CC)C1CCCCC1. The van der Waals surface area contributed by atoms with E-state index in [-0.39, 0.29) is 16.7 Å². The fourth-order valence-corrected chi connectivity index (χ4v) is 6.22. The molecule has 5 nitrogen and oxygen atoms in total. The van der Waals surface area contributed by atoms with Gasteiger partial charge in [-0.2, -0.15) is 0 Å². The van der Waals surface area contributed by atoms with Crippen molar-refractivity contribution < 1.29 is 4.79 Å². The lowest BCUT2D eigenvalue weighted by molar-refractivity contribution is -0.133. The van der Waals surface area contributed by atoms with E-state index in [0.29, 0.717) is 17.7 Å². The summed E-state index contributed by atoms with van der Waals surface area (Å²) in [7, 11) is 0. The summed E-state index contributed by atoms with van der Waals surface area (Å²) < 4.78 is 1.72. The predicted octanol–water partition coefficient (Wildman–Crippen LogP) is 4.76. The quantitative estimate of drug-likeness (QED) is 0.499. The highest BCUT2D eigenvalue weighted by Crippen LogP contribution is 2.31. The molecule has 1 amide bonds. The third-order valence-corrected chi connectivity index (χ3v) is 8.02. The van der Waals surface area contributed by atoms with E-state index >= 15 is 0 Å². The minimum atomic E-state index is -0.258. The van der Waals surface area contributed by atoms with Gasteiger partial charge in [-0.15, -0.1) is 11.3 Å². The van der Waals surface area contributed by atoms with E-state index in [4.69, 9.17) is 4.98 Å². The van der Waals surface area contributed by atoms with Crippen molar-refractivity contribution in [2.75, 3.05) is 6.54 Å². The Hall–Kier alpha value is -1.34. The number of aromatic nitrogens is 2. The van der Waals surface area contributed by atoms with E-state index in [2.05, 4.69) is 6.92 Å². The van der Waals surface area contributed by atoms with Gasteiger partial charge >= 0.3 is 0 Å². The summed E-state index contributed by atoms with van der Waals surface area (Å²) in [6.45, 7) is 11.3. The smallest absolute Gasteiger partial charge is 0.263 e. The number of carbonyl (C=O) groups is 1. The van der Waals surface area contributed by atoms with Gasteiger partial charge in [0.15, 0.2) is 5.16 Å². The summed E-state index contributed by atoms with van der Waals surface area (Å²) in [5, 5.41) is 1.12. The second kappa shape index (κ2) is 8.99. The van der Waals surface area contributed by atoms with Crippen LogP contribution in [-0.2, 0) is 11.3 Å². The number of amides is 1. The van der Waals surface area contributed by atoms with Crippen molar-refractivity contribution >= 4 is 39.2 Å². The number of hydrogen-bond donors (Lipinski definition) is 0. The first-order valence-electron chi connectivity index (χ1n) is 10.4. The molecule has 0 bridgehead atoms. The predicted molar refractivity (Wildman–Crippen MR) is 119 cm³/mol. The van der Waals surface area contributed by atoms with E-state index < -0.39 is 0 Å². The van der Waals surface area contributed by atoms with E-state index in [1.54, 1.807) is 15.9 Å². The summed E-state index contributed by atoms with van der Waals surface area (Å²) >= 11 is 2.98. The lowest BCUT2D eigenvalue weighted by Crippen LogP contribution is -2.44. The largest absolute Gasteiger partial charge is 0.339 e. The fourth-order valence-electron chi connectivity index (χ4n) is 4.11. The van der Waals surface area contributed by atoms with Crippen molar-refractivity contribution in [2.45, 2.75) is 89.7 Å². The summed E-state index contributed by atoms with van der Waals surface area (Å²) in [5.74, 6) is 0.162. The van der Waals surface area contributed by atoms with Crippen LogP contribution in [0.25, 0.3) is 10.2 Å². The zero-order chi connectivity index (χ0) is 20.4. The second-order valence-corrected chi connectivity index (χ2v) is 10.1. The average Bonchev–Trinajstić information content (AvgIpc) is 2.97. The van der Waals surface area contributed by atoms with Crippen LogP contribution < -0.4 is 5.56 Å². The van der Waals surface area contributed by atoms with E-state index in [1.165, 1.54) is 31.0 Å². The lowest BCUT2D eigenvalue weighted by atomic mass is 9.94. The number of thiophene rings is 1. The van der Waals surface area contributed by atoms with Crippen molar-refractivity contribution in [1.29, 1.82) is 0 Å². The third kappa shape index (κ3) is 4.01. The molecule has 2 heterocycles. The highest BCUT2D eigenvalue weighted by atomic mass is 32.2. The molecular weight excluding hydrogens is 390 g/mol. The highest BCUT2D eigenvalue weighted by molar-refractivity contribution is 8.00. The normalized spacial score (nSPS) is 16.5. The first kappa shape index (κ1) is 21.4. The molecule has 7 heteroatoms. The molecule has 28 heavy (non-hydrogen) atoms. The number of nitrogens with zero attached hydrogens (tertiary/aromatic N) is 3. The zero-order valence-corrected chi connectivity index (χ0v) is 19.2. The molecule has 0 radical (unpaired) electrons. The summed E-state index contributed by atoms with van der Waals surface area (Å²) in [6.07, 6.45) is 5.91. The Morgan fingerprint density at radius 1 is 1.29 bits per heavy atom. The maximum Gasteiger partial charge on any atom is 0.263 e. The number of carbonyl (C=O) groups excluding carboxylic acids is 1. The van der Waals surface area contributed by atoms with Crippen molar-refractivity contribution in [3.05, 3.63) is 20.8 Å². The fraction of sp³-hybridized carbons (Fsp3) is 0.667. The van der Waals surface area contributed by atoms with Crippen LogP contribution >= 0.6 is 23.1 Å². The molecule has 1 saturated carbocycles. The standard InChI is InChI=1S/C21H31N3O2S2/c1-6-23(16-11-9-8-10-12-16)19(25)15(5)28-21-22-18-17(13(3)14(4)27-18)20(26)24(21)7-2/h15-16H,6-12H2,1-5H3/t15-/m0/s1. The first-order chi connectivity index (χ1) is 13.4. The molecule has 1 atom stereocenters. The molecule has 1 aliphatic rings. The van der Waals surface area contributed by atoms with Crippen LogP contribution in [0.5, 0.6) is 0 Å². The van der Waals surface area contributed by atoms with Gasteiger partial charge in [0.1, 0.15) is 4.83 Å². The van der Waals surface area contributed by atoms with E-state index in [1.807, 2.05) is 32.6 Å². The highest BCUT2D eigenvalue weighted by Gasteiger charge is 2.29. The molecule has 0 N–H and O–H groups in total. The number of fused-ring (bicyclic) bond motifs is 1. The van der Waals surface area contributed by atoms with Crippen LogP contribution in [0.3, 0.4) is 0 Å². The molecule has 0 aliphatic heterocycles. The molecule has 0 aromatic carbocycles. The molecule has 0 unspecified atom stereocenters. The Balaban J connectivity index is 1.88. The lowest BCUT2D eigenvalue weighted by Gasteiger charge is -2.35. The Kier molecular flexibility index (Phi) is 6.86. The van der Waals surface area contributed by atoms with Crippen LogP contribution in [-0.4, -0.2) is 38.2 Å². The molecular formula is C21H31N3O2S2. The summed E-state index contributed by atoms with van der Waals surface area (Å²) in [5.41, 5.74) is 1.03. The number of rotatable bonds is 6. The molecule has 0 saturated heterocycles. The number of thioether (sulfide) groups is 1. The summed E-state index contributed by atoms with van der Waals surface area (Å²) in [6, 6.07) is 0.362. The third-order valence-electron chi connectivity index (χ3n) is 5.84. The van der Waals surface area contributed by atoms with Crippen molar-refractivity contribution in [3.8, 4) is 0 Å². The Morgan fingerprint density at radius 3 is 2.57 bits per heavy atom. The molecule has 3 rings (SSSR count). The van der Waals surface area contributed by atoms with Crippen molar-refractivity contribution in [3.63, 3.8) is 0 Å². The summed E-state index contributed by atoms with van der Waals surface area (Å²) in [4.78, 5) is 34.9. The van der Waals surface area contributed by atoms with Crippen LogP contribution in [0.15, 0.2) is 9.95 Å². The van der Waals surface area contributed by atoms with Gasteiger partial charge in [0.25, 0.3) is 5.56 Å². The van der Waals surface area contributed by atoms with Gasteiger partial charge in [0.2, 0.25) is 5.91 Å². The van der Waals surface area contributed by atoms with Crippen LogP contribution in [0.1, 0.15) is 63.3 Å². The van der Waals surface area contributed by atoms with Gasteiger partial charge in [-0.05, 0) is 53.0 Å². The van der Waals surface area contributed by atoms with Gasteiger partial charge in [0, 0.05) is 24.0 Å². The average molecular weight is 422 g/mol. The molecule has 0 spiro atoms. The van der Waals surface area contributed by atoms with Crippen LogP contribution in [0.2, 0.25) is 0 Å². The Bertz CT molecular complexity index is 912. The van der Waals surface area contributed by atoms with E-state index in [9.17, 15) is 9.59 Å². The maximum absolute atomic E-state index is 13.2. The maximum atomic E-state index is 13.2. The molecule has 2 aromatic heterocycles. The zero-order valence-electron chi connectivity index (χ0n) is 17.6. The monoisotopic (exact) mass is 421 g/mol. The van der Waals surface area contributed by atoms with Crippen molar-refractivity contribution in [1.82, 2.24) is 14.5 Å². The Labute approximate surface area is 175 Å². The number of aryl methyl sites for hydroxylation is 2. The topological polar surface area (TPSA) is 55.2 Å². The molecule has 2 aromatic rings. The van der Waals surface area contributed by atoms with Gasteiger partial charge in [-0.25, -0.2) is 4.98 Å². The minimum Gasteiger partial charge on any atom is -0.339 e. The molecule has 1 fully saturated rings. The second-order valence-electron chi connectivity index (χ2n) is 7.58. The number of hydrogen-bond acceptors (Lipinski definition) is 5. The minimum absolute atomic E-state index is 0.0103. The first-order valence-corrected chi connectivity index (χ1v) is 12.1. The van der Waals surface area contributed by atoms with Crippen LogP contribution in [0, 0.1) is 13.8 Å². The van der Waals surface area contributed by atoms with Gasteiger partial charge in [-0.3, -0.25) is 14.2 Å². The Morgan fingerprint density at radius 2 is 1.96 bits per heavy atom. The van der Waals surface area contributed by atoms with Gasteiger partial charge < -0.3 is 4.90 Å².